The third-order valence-electron chi connectivity index (χ3n) is 2.18. The number of aromatic nitrogens is 2. The summed E-state index contributed by atoms with van der Waals surface area (Å²) in [4.78, 5) is 0. The molecule has 0 amide bonds. The van der Waals surface area contributed by atoms with E-state index in [2.05, 4.69) is 10.4 Å². The molecule has 92 valence electrons. The van der Waals surface area contributed by atoms with Gasteiger partial charge in [0.2, 0.25) is 0 Å². The Bertz CT molecular complexity index is 301. The SMILES string of the molecule is COCCCn1ncc(N)c1NCCOC. The van der Waals surface area contributed by atoms with E-state index in [0.717, 1.165) is 31.9 Å². The molecule has 0 aliphatic heterocycles. The molecule has 0 spiro atoms. The van der Waals surface area contributed by atoms with Crippen molar-refractivity contribution in [2.24, 2.45) is 0 Å². The number of ether oxygens (including phenoxy) is 2. The van der Waals surface area contributed by atoms with Crippen LogP contribution in [0.3, 0.4) is 0 Å². The fourth-order valence-corrected chi connectivity index (χ4v) is 1.39. The Hall–Kier alpha value is -1.27. The lowest BCUT2D eigenvalue weighted by atomic mass is 10.4. The maximum absolute atomic E-state index is 5.81. The molecule has 1 heterocycles. The van der Waals surface area contributed by atoms with Crippen molar-refractivity contribution in [3.63, 3.8) is 0 Å². The molecule has 1 rings (SSSR count). The quantitative estimate of drug-likeness (QED) is 0.636. The number of nitrogens with one attached hydrogen (secondary N) is 1. The highest BCUT2D eigenvalue weighted by Gasteiger charge is 2.06. The third kappa shape index (κ3) is 3.71. The monoisotopic (exact) mass is 228 g/mol. The first-order chi connectivity index (χ1) is 7.79. The van der Waals surface area contributed by atoms with Gasteiger partial charge >= 0.3 is 0 Å². The maximum Gasteiger partial charge on any atom is 0.147 e. The van der Waals surface area contributed by atoms with Gasteiger partial charge < -0.3 is 20.5 Å². The molecule has 0 saturated carbocycles. The molecule has 0 fully saturated rings. The molecular weight excluding hydrogens is 208 g/mol. The van der Waals surface area contributed by atoms with Crippen molar-refractivity contribution >= 4 is 11.5 Å². The number of rotatable bonds is 8. The van der Waals surface area contributed by atoms with E-state index in [9.17, 15) is 0 Å². The molecule has 6 heteroatoms. The third-order valence-corrected chi connectivity index (χ3v) is 2.18. The molecule has 0 saturated heterocycles. The average Bonchev–Trinajstić information content (AvgIpc) is 2.62. The van der Waals surface area contributed by atoms with Crippen LogP contribution in [0.4, 0.5) is 11.5 Å². The Morgan fingerprint density at radius 3 is 2.81 bits per heavy atom. The Kier molecular flexibility index (Phi) is 5.66. The summed E-state index contributed by atoms with van der Waals surface area (Å²) < 4.78 is 11.8. The second-order valence-corrected chi connectivity index (χ2v) is 3.44. The average molecular weight is 228 g/mol. The van der Waals surface area contributed by atoms with Crippen LogP contribution < -0.4 is 11.1 Å². The van der Waals surface area contributed by atoms with Crippen LogP contribution in [0.25, 0.3) is 0 Å². The minimum absolute atomic E-state index is 0.642. The highest BCUT2D eigenvalue weighted by Crippen LogP contribution is 2.17. The Labute approximate surface area is 95.7 Å². The second kappa shape index (κ2) is 7.08. The van der Waals surface area contributed by atoms with Gasteiger partial charge in [0.1, 0.15) is 5.82 Å². The molecule has 6 nitrogen and oxygen atoms in total. The molecule has 0 unspecified atom stereocenters. The fraction of sp³-hybridized carbons (Fsp3) is 0.700. The van der Waals surface area contributed by atoms with Crippen LogP contribution >= 0.6 is 0 Å². The molecule has 0 bridgehead atoms. The molecule has 3 N–H and O–H groups in total. The zero-order chi connectivity index (χ0) is 11.8. The van der Waals surface area contributed by atoms with Crippen LogP contribution in [0.2, 0.25) is 0 Å². The summed E-state index contributed by atoms with van der Waals surface area (Å²) in [6.07, 6.45) is 2.57. The molecule has 0 aromatic carbocycles. The number of aryl methyl sites for hydroxylation is 1. The summed E-state index contributed by atoms with van der Waals surface area (Å²) in [5.74, 6) is 0.855. The number of methoxy groups -OCH3 is 2. The van der Waals surface area contributed by atoms with E-state index in [1.54, 1.807) is 20.4 Å². The molecule has 1 aromatic heterocycles. The van der Waals surface area contributed by atoms with Crippen LogP contribution in [0.1, 0.15) is 6.42 Å². The number of hydrogen-bond donors (Lipinski definition) is 2. The summed E-state index contributed by atoms with van der Waals surface area (Å²) in [5.41, 5.74) is 6.47. The Morgan fingerprint density at radius 1 is 1.38 bits per heavy atom. The van der Waals surface area contributed by atoms with E-state index < -0.39 is 0 Å². The summed E-state index contributed by atoms with van der Waals surface area (Å²) in [5, 5.41) is 7.40. The van der Waals surface area contributed by atoms with Crippen molar-refractivity contribution < 1.29 is 9.47 Å². The van der Waals surface area contributed by atoms with Crippen LogP contribution in [0.15, 0.2) is 6.20 Å². The number of anilines is 2. The minimum Gasteiger partial charge on any atom is -0.394 e. The molecule has 0 radical (unpaired) electrons. The second-order valence-electron chi connectivity index (χ2n) is 3.44. The van der Waals surface area contributed by atoms with Crippen molar-refractivity contribution in [3.8, 4) is 0 Å². The van der Waals surface area contributed by atoms with Crippen LogP contribution in [-0.2, 0) is 16.0 Å². The van der Waals surface area contributed by atoms with Gasteiger partial charge in [0.25, 0.3) is 0 Å². The Morgan fingerprint density at radius 2 is 2.12 bits per heavy atom. The van der Waals surface area contributed by atoms with E-state index in [-0.39, 0.29) is 0 Å². The van der Waals surface area contributed by atoms with Crippen LogP contribution in [-0.4, -0.2) is 43.8 Å². The first kappa shape index (κ1) is 12.8. The van der Waals surface area contributed by atoms with Gasteiger partial charge in [-0.2, -0.15) is 5.10 Å². The first-order valence-corrected chi connectivity index (χ1v) is 5.32. The van der Waals surface area contributed by atoms with Gasteiger partial charge in [0.15, 0.2) is 0 Å². The van der Waals surface area contributed by atoms with E-state index in [4.69, 9.17) is 15.2 Å². The molecule has 0 aliphatic carbocycles. The minimum atomic E-state index is 0.642. The van der Waals surface area contributed by atoms with Crippen molar-refractivity contribution in [2.45, 2.75) is 13.0 Å². The lowest BCUT2D eigenvalue weighted by Crippen LogP contribution is -2.14. The smallest absolute Gasteiger partial charge is 0.147 e. The summed E-state index contributed by atoms with van der Waals surface area (Å²) in [6.45, 7) is 2.87. The van der Waals surface area contributed by atoms with Gasteiger partial charge in [-0.15, -0.1) is 0 Å². The lowest BCUT2D eigenvalue weighted by Gasteiger charge is -2.10. The summed E-state index contributed by atoms with van der Waals surface area (Å²) in [6, 6.07) is 0. The lowest BCUT2D eigenvalue weighted by molar-refractivity contribution is 0.189. The maximum atomic E-state index is 5.81. The van der Waals surface area contributed by atoms with Crippen molar-refractivity contribution in [1.29, 1.82) is 0 Å². The topological polar surface area (TPSA) is 74.3 Å². The van der Waals surface area contributed by atoms with Crippen molar-refractivity contribution in [3.05, 3.63) is 6.20 Å². The zero-order valence-electron chi connectivity index (χ0n) is 9.90. The van der Waals surface area contributed by atoms with Gasteiger partial charge in [-0.05, 0) is 6.42 Å². The molecule has 0 aliphatic rings. The highest BCUT2D eigenvalue weighted by atomic mass is 16.5. The largest absolute Gasteiger partial charge is 0.394 e. The van der Waals surface area contributed by atoms with Crippen molar-refractivity contribution in [1.82, 2.24) is 9.78 Å². The van der Waals surface area contributed by atoms with Gasteiger partial charge in [-0.1, -0.05) is 0 Å². The fourth-order valence-electron chi connectivity index (χ4n) is 1.39. The van der Waals surface area contributed by atoms with Crippen molar-refractivity contribution in [2.75, 3.05) is 45.0 Å². The van der Waals surface area contributed by atoms with Gasteiger partial charge in [-0.3, -0.25) is 0 Å². The number of hydrogen-bond acceptors (Lipinski definition) is 5. The number of nitrogens with zero attached hydrogens (tertiary/aromatic N) is 2. The summed E-state index contributed by atoms with van der Waals surface area (Å²) >= 11 is 0. The van der Waals surface area contributed by atoms with Gasteiger partial charge in [0.05, 0.1) is 18.5 Å². The number of nitrogens with two attached hydrogens (primary N) is 1. The molecule has 1 aromatic rings. The predicted molar refractivity (Wildman–Crippen MR) is 63.5 cm³/mol. The highest BCUT2D eigenvalue weighted by molar-refractivity contribution is 5.60. The van der Waals surface area contributed by atoms with E-state index in [1.165, 1.54) is 0 Å². The summed E-state index contributed by atoms with van der Waals surface area (Å²) in [7, 11) is 3.36. The van der Waals surface area contributed by atoms with E-state index >= 15 is 0 Å². The molecule has 0 atom stereocenters. The van der Waals surface area contributed by atoms with Gasteiger partial charge in [0, 0.05) is 33.9 Å². The van der Waals surface area contributed by atoms with Crippen LogP contribution in [0.5, 0.6) is 0 Å². The van der Waals surface area contributed by atoms with E-state index in [1.807, 2.05) is 4.68 Å². The molecule has 16 heavy (non-hydrogen) atoms. The zero-order valence-corrected chi connectivity index (χ0v) is 9.90. The van der Waals surface area contributed by atoms with Crippen LogP contribution in [0, 0.1) is 0 Å². The first-order valence-electron chi connectivity index (χ1n) is 5.32. The standard InChI is InChI=1S/C10H20N4O2/c1-15-6-3-5-14-10(9(11)8-13-14)12-4-7-16-2/h8,12H,3-7,11H2,1-2H3. The van der Waals surface area contributed by atoms with E-state index in [0.29, 0.717) is 12.3 Å². The number of nitrogen functional groups attached to an aromatic ring is 1. The predicted octanol–water partition coefficient (Wildman–Crippen LogP) is 0.560. The molecular formula is C10H20N4O2. The Balaban J connectivity index is 2.48. The van der Waals surface area contributed by atoms with Gasteiger partial charge in [-0.25, -0.2) is 4.68 Å². The normalized spacial score (nSPS) is 10.6.